The van der Waals surface area contributed by atoms with Crippen molar-refractivity contribution < 1.29 is 18.6 Å². The Hall–Kier alpha value is -4.49. The standard InChI is InChI=1S/C40H36ClF2N5O2/c1-2-29-33(42)10-7-24-15-28(49)16-30(34(24)29)35-32(41)17-31-37(36(35)43)45-39(46-38(31)48-19-26-8-9-27(20-48)44-26)50-22-40(12-13-40)21-47-14-11-23-5-3-4-6-25(23)18-47/h1,3-7,10,15-17,26-27,44,49H,8-9,11-14,18-22H2. The minimum absolute atomic E-state index is 0.0151. The number of aromatic hydroxyl groups is 1. The van der Waals surface area contributed by atoms with Crippen LogP contribution in [0.4, 0.5) is 14.6 Å². The van der Waals surface area contributed by atoms with E-state index in [1.807, 2.05) is 0 Å². The number of ether oxygens (including phenoxy) is 1. The van der Waals surface area contributed by atoms with Crippen LogP contribution in [-0.4, -0.2) is 64.8 Å². The van der Waals surface area contributed by atoms with E-state index >= 15 is 4.39 Å². The molecular weight excluding hydrogens is 656 g/mol. The monoisotopic (exact) mass is 691 g/mol. The lowest BCUT2D eigenvalue weighted by atomic mass is 9.93. The lowest BCUT2D eigenvalue weighted by Gasteiger charge is -2.34. The second kappa shape index (κ2) is 12.1. The number of aromatic nitrogens is 2. The van der Waals surface area contributed by atoms with Gasteiger partial charge in [0.15, 0.2) is 5.82 Å². The average Bonchev–Trinajstić information content (AvgIpc) is 3.80. The van der Waals surface area contributed by atoms with Crippen LogP contribution in [-0.2, 0) is 13.0 Å². The molecule has 3 fully saturated rings. The number of hydrogen-bond acceptors (Lipinski definition) is 7. The van der Waals surface area contributed by atoms with Crippen molar-refractivity contribution in [2.75, 3.05) is 37.7 Å². The minimum Gasteiger partial charge on any atom is -0.508 e. The van der Waals surface area contributed by atoms with Gasteiger partial charge in [0.05, 0.1) is 17.2 Å². The fourth-order valence-electron chi connectivity index (χ4n) is 8.35. The van der Waals surface area contributed by atoms with Crippen molar-refractivity contribution in [1.29, 1.82) is 0 Å². The number of hydrogen-bond donors (Lipinski definition) is 2. The van der Waals surface area contributed by atoms with Crippen molar-refractivity contribution in [3.8, 4) is 35.2 Å². The lowest BCUT2D eigenvalue weighted by molar-refractivity contribution is 0.145. The van der Waals surface area contributed by atoms with E-state index < -0.39 is 11.6 Å². The highest BCUT2D eigenvalue weighted by Gasteiger charge is 2.45. The first-order valence-electron chi connectivity index (χ1n) is 17.3. The summed E-state index contributed by atoms with van der Waals surface area (Å²) in [7, 11) is 0. The minimum atomic E-state index is -0.716. The number of halogens is 3. The molecule has 1 aliphatic carbocycles. The molecule has 2 N–H and O–H groups in total. The summed E-state index contributed by atoms with van der Waals surface area (Å²) in [5.74, 6) is 1.51. The third-order valence-electron chi connectivity index (χ3n) is 11.1. The number of terminal acetylenes is 1. The van der Waals surface area contributed by atoms with Gasteiger partial charge in [-0.25, -0.2) is 8.78 Å². The molecule has 4 aromatic carbocycles. The van der Waals surface area contributed by atoms with E-state index in [-0.39, 0.29) is 49.8 Å². The van der Waals surface area contributed by atoms with Gasteiger partial charge in [0, 0.05) is 66.6 Å². The largest absolute Gasteiger partial charge is 0.508 e. The molecule has 2 saturated heterocycles. The zero-order chi connectivity index (χ0) is 34.1. The van der Waals surface area contributed by atoms with Crippen molar-refractivity contribution in [3.05, 3.63) is 87.9 Å². The highest BCUT2D eigenvalue weighted by molar-refractivity contribution is 6.35. The number of fused-ring (bicyclic) bond motifs is 5. The van der Waals surface area contributed by atoms with Gasteiger partial charge in [-0.05, 0) is 78.4 Å². The summed E-state index contributed by atoms with van der Waals surface area (Å²) in [6, 6.07) is 16.6. The smallest absolute Gasteiger partial charge is 0.319 e. The van der Waals surface area contributed by atoms with Crippen molar-refractivity contribution in [3.63, 3.8) is 0 Å². The van der Waals surface area contributed by atoms with Gasteiger partial charge < -0.3 is 20.1 Å². The maximum atomic E-state index is 17.1. The molecule has 50 heavy (non-hydrogen) atoms. The maximum Gasteiger partial charge on any atom is 0.319 e. The molecule has 1 saturated carbocycles. The fourth-order valence-corrected chi connectivity index (χ4v) is 8.65. The van der Waals surface area contributed by atoms with Crippen LogP contribution in [0.3, 0.4) is 0 Å². The Balaban J connectivity index is 1.11. The van der Waals surface area contributed by atoms with E-state index in [1.54, 1.807) is 6.07 Å². The molecule has 0 spiro atoms. The quantitative estimate of drug-likeness (QED) is 0.175. The van der Waals surface area contributed by atoms with E-state index in [0.717, 1.165) is 51.7 Å². The Morgan fingerprint density at radius 3 is 2.58 bits per heavy atom. The summed E-state index contributed by atoms with van der Waals surface area (Å²) in [4.78, 5) is 14.3. The molecule has 10 heteroatoms. The molecule has 7 nitrogen and oxygen atoms in total. The Labute approximate surface area is 294 Å². The summed E-state index contributed by atoms with van der Waals surface area (Å²) < 4.78 is 38.5. The summed E-state index contributed by atoms with van der Waals surface area (Å²) >= 11 is 6.92. The molecule has 3 aliphatic heterocycles. The van der Waals surface area contributed by atoms with Gasteiger partial charge in [-0.3, -0.25) is 4.90 Å². The number of nitrogens with one attached hydrogen (secondary N) is 1. The van der Waals surface area contributed by atoms with Crippen molar-refractivity contribution in [2.45, 2.75) is 50.7 Å². The van der Waals surface area contributed by atoms with Crippen LogP contribution in [0.15, 0.2) is 54.6 Å². The predicted octanol–water partition coefficient (Wildman–Crippen LogP) is 7.23. The summed E-state index contributed by atoms with van der Waals surface area (Å²) in [5.41, 5.74) is 2.95. The fraction of sp³-hybridized carbons (Fsp3) is 0.350. The number of benzene rings is 4. The first kappa shape index (κ1) is 31.5. The number of phenols is 1. The third kappa shape index (κ3) is 5.51. The van der Waals surface area contributed by atoms with E-state index in [4.69, 9.17) is 27.7 Å². The first-order chi connectivity index (χ1) is 24.3. The molecule has 5 aromatic rings. The molecule has 1 aromatic heterocycles. The highest BCUT2D eigenvalue weighted by Crippen LogP contribution is 2.48. The van der Waals surface area contributed by atoms with E-state index in [1.165, 1.54) is 35.4 Å². The van der Waals surface area contributed by atoms with Gasteiger partial charge in [-0.15, -0.1) is 6.42 Å². The van der Waals surface area contributed by atoms with E-state index in [2.05, 4.69) is 50.3 Å². The molecule has 2 unspecified atom stereocenters. The predicted molar refractivity (Wildman–Crippen MR) is 192 cm³/mol. The summed E-state index contributed by atoms with van der Waals surface area (Å²) in [6.07, 6.45) is 11.0. The topological polar surface area (TPSA) is 73.8 Å². The lowest BCUT2D eigenvalue weighted by Crippen LogP contribution is -2.51. The van der Waals surface area contributed by atoms with Crippen LogP contribution in [0.1, 0.15) is 42.4 Å². The van der Waals surface area contributed by atoms with Crippen molar-refractivity contribution >= 4 is 39.1 Å². The molecular formula is C40H36ClF2N5O2. The van der Waals surface area contributed by atoms with E-state index in [0.29, 0.717) is 48.4 Å². The van der Waals surface area contributed by atoms with Gasteiger partial charge >= 0.3 is 6.01 Å². The Morgan fingerprint density at radius 1 is 1.04 bits per heavy atom. The second-order valence-electron chi connectivity index (χ2n) is 14.5. The number of piperazine rings is 1. The number of anilines is 1. The van der Waals surface area contributed by atoms with Crippen LogP contribution >= 0.6 is 11.6 Å². The molecule has 2 bridgehead atoms. The van der Waals surface area contributed by atoms with Crippen LogP contribution in [0, 0.1) is 29.4 Å². The molecule has 254 valence electrons. The highest BCUT2D eigenvalue weighted by atomic mass is 35.5. The third-order valence-corrected chi connectivity index (χ3v) is 11.4. The Kier molecular flexibility index (Phi) is 7.61. The van der Waals surface area contributed by atoms with Gasteiger partial charge in [0.1, 0.15) is 22.9 Å². The van der Waals surface area contributed by atoms with Crippen LogP contribution in [0.25, 0.3) is 32.8 Å². The van der Waals surface area contributed by atoms with Crippen molar-refractivity contribution in [1.82, 2.24) is 20.2 Å². The van der Waals surface area contributed by atoms with Crippen LogP contribution < -0.4 is 15.0 Å². The van der Waals surface area contributed by atoms with Crippen LogP contribution in [0.2, 0.25) is 5.02 Å². The Morgan fingerprint density at radius 2 is 1.82 bits per heavy atom. The molecule has 4 heterocycles. The van der Waals surface area contributed by atoms with Gasteiger partial charge in [-0.1, -0.05) is 47.9 Å². The summed E-state index contributed by atoms with van der Waals surface area (Å²) in [6.45, 7) is 4.69. The zero-order valence-corrected chi connectivity index (χ0v) is 28.2. The van der Waals surface area contributed by atoms with Crippen molar-refractivity contribution in [2.24, 2.45) is 5.41 Å². The second-order valence-corrected chi connectivity index (χ2v) is 14.9. The van der Waals surface area contributed by atoms with Gasteiger partial charge in [0.25, 0.3) is 0 Å². The first-order valence-corrected chi connectivity index (χ1v) is 17.7. The number of rotatable bonds is 7. The maximum absolute atomic E-state index is 17.1. The average molecular weight is 692 g/mol. The number of phenolic OH excluding ortho intramolecular Hbond substituents is 1. The van der Waals surface area contributed by atoms with E-state index in [9.17, 15) is 9.50 Å². The normalized spacial score (nSPS) is 21.0. The SMILES string of the molecule is C#Cc1c(F)ccc2cc(O)cc(-c3c(Cl)cc4c(N5CC6CCC(C5)N6)nc(OCC5(CN6CCc7ccccc7C6)CC5)nc4c3F)c12. The van der Waals surface area contributed by atoms with Gasteiger partial charge in [0.2, 0.25) is 0 Å². The zero-order valence-electron chi connectivity index (χ0n) is 27.5. The summed E-state index contributed by atoms with van der Waals surface area (Å²) in [5, 5.41) is 15.6. The molecule has 4 aliphatic rings. The molecule has 0 radical (unpaired) electrons. The molecule has 9 rings (SSSR count). The number of nitrogens with zero attached hydrogens (tertiary/aromatic N) is 4. The molecule has 0 amide bonds. The Bertz CT molecular complexity index is 2220. The van der Waals surface area contributed by atoms with Crippen LogP contribution in [0.5, 0.6) is 11.8 Å². The molecule has 2 atom stereocenters. The van der Waals surface area contributed by atoms with Gasteiger partial charge in [-0.2, -0.15) is 9.97 Å².